The first-order valence-corrected chi connectivity index (χ1v) is 11.4. The number of nitrogens with zero attached hydrogens (tertiary/aromatic N) is 1. The van der Waals surface area contributed by atoms with E-state index in [1.807, 2.05) is 12.1 Å². The Labute approximate surface area is 195 Å². The van der Waals surface area contributed by atoms with Crippen molar-refractivity contribution in [3.05, 3.63) is 47.5 Å². The highest BCUT2D eigenvalue weighted by Gasteiger charge is 2.37. The highest BCUT2D eigenvalue weighted by atomic mass is 16.5. The van der Waals surface area contributed by atoms with E-state index in [9.17, 15) is 4.79 Å². The molecule has 0 amide bonds. The third kappa shape index (κ3) is 5.03. The molecule has 7 heteroatoms. The number of carbonyl (C=O) groups excluding carboxylic acids is 1. The molecule has 0 spiro atoms. The fourth-order valence-electron chi connectivity index (χ4n) is 5.10. The zero-order valence-corrected chi connectivity index (χ0v) is 19.8. The van der Waals surface area contributed by atoms with Crippen LogP contribution in [0.1, 0.15) is 41.1 Å². The van der Waals surface area contributed by atoms with Crippen molar-refractivity contribution in [3.63, 3.8) is 0 Å². The molecule has 2 aromatic rings. The summed E-state index contributed by atoms with van der Waals surface area (Å²) in [4.78, 5) is 15.3. The molecule has 2 aromatic carbocycles. The molecule has 33 heavy (non-hydrogen) atoms. The van der Waals surface area contributed by atoms with E-state index in [1.54, 1.807) is 19.2 Å². The first-order chi connectivity index (χ1) is 16.1. The fourth-order valence-corrected chi connectivity index (χ4v) is 5.10. The van der Waals surface area contributed by atoms with Crippen LogP contribution in [0.4, 0.5) is 0 Å². The minimum atomic E-state index is -0.376. The topological polar surface area (TPSA) is 66.5 Å². The van der Waals surface area contributed by atoms with E-state index < -0.39 is 0 Å². The summed E-state index contributed by atoms with van der Waals surface area (Å²) in [5.74, 6) is 2.76. The van der Waals surface area contributed by atoms with Crippen molar-refractivity contribution in [2.24, 2.45) is 5.92 Å². The second-order valence-electron chi connectivity index (χ2n) is 8.76. The van der Waals surface area contributed by atoms with Crippen molar-refractivity contribution in [2.75, 3.05) is 48.1 Å². The number of hydrogen-bond donors (Lipinski definition) is 0. The summed E-state index contributed by atoms with van der Waals surface area (Å²) < 4.78 is 27.0. The molecule has 0 N–H and O–H groups in total. The molecular weight excluding hydrogens is 422 g/mol. The first kappa shape index (κ1) is 23.2. The molecule has 2 aliphatic rings. The SMILES string of the molecule is COc1ccc(C2CC3CC(COC(=O)c4cc(OC)c(OC)c(OC)c4)CCN3C2)cc1. The van der Waals surface area contributed by atoms with Crippen LogP contribution in [0, 0.1) is 5.92 Å². The Bertz CT molecular complexity index is 935. The Kier molecular flexibility index (Phi) is 7.28. The van der Waals surface area contributed by atoms with E-state index in [-0.39, 0.29) is 5.97 Å². The average Bonchev–Trinajstić information content (AvgIpc) is 3.29. The van der Waals surface area contributed by atoms with Gasteiger partial charge in [-0.1, -0.05) is 12.1 Å². The largest absolute Gasteiger partial charge is 0.497 e. The monoisotopic (exact) mass is 455 g/mol. The van der Waals surface area contributed by atoms with E-state index in [1.165, 1.54) is 26.9 Å². The quantitative estimate of drug-likeness (QED) is 0.554. The maximum atomic E-state index is 12.7. The van der Waals surface area contributed by atoms with Gasteiger partial charge >= 0.3 is 5.97 Å². The third-order valence-electron chi connectivity index (χ3n) is 6.90. The standard InChI is InChI=1S/C26H33NO6/c1-29-22-7-5-18(6-8-22)20-12-21-11-17(9-10-27(21)15-20)16-33-26(28)19-13-23(30-2)25(32-4)24(14-19)31-3/h5-8,13-14,17,20-21H,9-12,15-16H2,1-4H3. The van der Waals surface area contributed by atoms with Gasteiger partial charge in [0, 0.05) is 12.6 Å². The molecule has 0 aromatic heterocycles. The van der Waals surface area contributed by atoms with Gasteiger partial charge in [-0.05, 0) is 67.5 Å². The van der Waals surface area contributed by atoms with Crippen molar-refractivity contribution in [2.45, 2.75) is 31.2 Å². The van der Waals surface area contributed by atoms with E-state index in [2.05, 4.69) is 17.0 Å². The van der Waals surface area contributed by atoms with Gasteiger partial charge in [0.2, 0.25) is 5.75 Å². The Morgan fingerprint density at radius 1 is 0.939 bits per heavy atom. The number of methoxy groups -OCH3 is 4. The van der Waals surface area contributed by atoms with Gasteiger partial charge in [0.05, 0.1) is 40.6 Å². The van der Waals surface area contributed by atoms with Crippen LogP contribution in [0.25, 0.3) is 0 Å². The number of carbonyl (C=O) groups is 1. The molecule has 0 saturated carbocycles. The third-order valence-corrected chi connectivity index (χ3v) is 6.90. The number of hydrogen-bond acceptors (Lipinski definition) is 7. The van der Waals surface area contributed by atoms with Crippen LogP contribution in [0.15, 0.2) is 36.4 Å². The molecule has 0 aliphatic carbocycles. The Balaban J connectivity index is 1.33. The highest BCUT2D eigenvalue weighted by molar-refractivity contribution is 5.91. The number of ether oxygens (including phenoxy) is 5. The smallest absolute Gasteiger partial charge is 0.338 e. The molecule has 2 fully saturated rings. The van der Waals surface area contributed by atoms with E-state index in [0.29, 0.717) is 47.3 Å². The van der Waals surface area contributed by atoms with Crippen molar-refractivity contribution in [1.29, 1.82) is 0 Å². The maximum Gasteiger partial charge on any atom is 0.338 e. The predicted molar refractivity (Wildman–Crippen MR) is 125 cm³/mol. The lowest BCUT2D eigenvalue weighted by Gasteiger charge is -2.34. The average molecular weight is 456 g/mol. The van der Waals surface area contributed by atoms with E-state index in [0.717, 1.165) is 38.1 Å². The van der Waals surface area contributed by atoms with Gasteiger partial charge in [0.15, 0.2) is 11.5 Å². The van der Waals surface area contributed by atoms with Gasteiger partial charge in [-0.3, -0.25) is 4.90 Å². The highest BCUT2D eigenvalue weighted by Crippen LogP contribution is 2.40. The number of benzene rings is 2. The summed E-state index contributed by atoms with van der Waals surface area (Å²) in [7, 11) is 6.29. The number of rotatable bonds is 8. The van der Waals surface area contributed by atoms with E-state index >= 15 is 0 Å². The van der Waals surface area contributed by atoms with Crippen LogP contribution >= 0.6 is 0 Å². The summed E-state index contributed by atoms with van der Waals surface area (Å²) in [5.41, 5.74) is 1.76. The van der Waals surface area contributed by atoms with Crippen molar-refractivity contribution in [1.82, 2.24) is 4.90 Å². The zero-order valence-electron chi connectivity index (χ0n) is 19.8. The van der Waals surface area contributed by atoms with Gasteiger partial charge < -0.3 is 23.7 Å². The van der Waals surface area contributed by atoms with Crippen molar-refractivity contribution in [3.8, 4) is 23.0 Å². The normalized spacial score (nSPS) is 22.4. The molecule has 2 aliphatic heterocycles. The molecule has 2 heterocycles. The van der Waals surface area contributed by atoms with Crippen LogP contribution < -0.4 is 18.9 Å². The number of piperidine rings is 1. The van der Waals surface area contributed by atoms with Crippen LogP contribution in [0.2, 0.25) is 0 Å². The molecule has 4 rings (SSSR count). The molecular formula is C26H33NO6. The zero-order chi connectivity index (χ0) is 23.4. The number of esters is 1. The molecule has 178 valence electrons. The molecule has 7 nitrogen and oxygen atoms in total. The predicted octanol–water partition coefficient (Wildman–Crippen LogP) is 4.15. The first-order valence-electron chi connectivity index (χ1n) is 11.4. The summed E-state index contributed by atoms with van der Waals surface area (Å²) in [6.45, 7) is 2.56. The summed E-state index contributed by atoms with van der Waals surface area (Å²) >= 11 is 0. The summed E-state index contributed by atoms with van der Waals surface area (Å²) in [6.07, 6.45) is 3.23. The van der Waals surface area contributed by atoms with Gasteiger partial charge in [0.25, 0.3) is 0 Å². The van der Waals surface area contributed by atoms with Crippen LogP contribution in [-0.4, -0.2) is 65.0 Å². The van der Waals surface area contributed by atoms with Crippen molar-refractivity contribution < 1.29 is 28.5 Å². The molecule has 0 bridgehead atoms. The van der Waals surface area contributed by atoms with Crippen LogP contribution in [-0.2, 0) is 4.74 Å². The van der Waals surface area contributed by atoms with Crippen molar-refractivity contribution >= 4 is 5.97 Å². The maximum absolute atomic E-state index is 12.7. The molecule has 0 radical (unpaired) electrons. The summed E-state index contributed by atoms with van der Waals surface area (Å²) in [5, 5.41) is 0. The minimum Gasteiger partial charge on any atom is -0.497 e. The van der Waals surface area contributed by atoms with Crippen LogP contribution in [0.3, 0.4) is 0 Å². The van der Waals surface area contributed by atoms with E-state index in [4.69, 9.17) is 23.7 Å². The minimum absolute atomic E-state index is 0.367. The second-order valence-corrected chi connectivity index (χ2v) is 8.76. The molecule has 2 saturated heterocycles. The Morgan fingerprint density at radius 3 is 2.24 bits per heavy atom. The summed E-state index contributed by atoms with van der Waals surface area (Å²) in [6, 6.07) is 12.2. The number of fused-ring (bicyclic) bond motifs is 1. The molecule has 3 atom stereocenters. The lowest BCUT2D eigenvalue weighted by atomic mass is 9.89. The van der Waals surface area contributed by atoms with Gasteiger partial charge in [-0.15, -0.1) is 0 Å². The lowest BCUT2D eigenvalue weighted by Crippen LogP contribution is -2.39. The van der Waals surface area contributed by atoms with Gasteiger partial charge in [-0.2, -0.15) is 0 Å². The Morgan fingerprint density at radius 2 is 1.64 bits per heavy atom. The molecule has 3 unspecified atom stereocenters. The van der Waals surface area contributed by atoms with Gasteiger partial charge in [0.1, 0.15) is 5.75 Å². The lowest BCUT2D eigenvalue weighted by molar-refractivity contribution is 0.0339. The fraction of sp³-hybridized carbons (Fsp3) is 0.500. The second kappa shape index (κ2) is 10.3. The van der Waals surface area contributed by atoms with Crippen LogP contribution in [0.5, 0.6) is 23.0 Å². The Hall–Kier alpha value is -2.93. The van der Waals surface area contributed by atoms with Gasteiger partial charge in [-0.25, -0.2) is 4.79 Å².